The fourth-order valence-corrected chi connectivity index (χ4v) is 1.52. The van der Waals surface area contributed by atoms with E-state index in [0.717, 1.165) is 0 Å². The summed E-state index contributed by atoms with van der Waals surface area (Å²) in [6.45, 7) is 10.0. The molecule has 0 aliphatic heterocycles. The van der Waals surface area contributed by atoms with E-state index in [-0.39, 0.29) is 0 Å². The molecule has 20 heavy (non-hydrogen) atoms. The van der Waals surface area contributed by atoms with Gasteiger partial charge in [-0.1, -0.05) is 73.6 Å². The number of anilines is 1. The molecule has 1 aromatic carbocycles. The number of thioether (sulfide) groups is 1. The lowest BCUT2D eigenvalue weighted by atomic mass is 10.4. The van der Waals surface area contributed by atoms with Crippen molar-refractivity contribution in [3.63, 3.8) is 0 Å². The standard InChI is InChI=1S/C6H6.C5H6ClN3S.C2H6.C2H4/c1-2-4-6-5-3-1;1-10-5-8-3(6)2-4(7)9-5;2*1-2/h1-6H;2H,1H3,(H2,7,8,9);1-2H3;1-2H2. The van der Waals surface area contributed by atoms with Crippen LogP contribution >= 0.6 is 23.4 Å². The van der Waals surface area contributed by atoms with Crippen LogP contribution in [0.4, 0.5) is 5.82 Å². The van der Waals surface area contributed by atoms with Crippen molar-refractivity contribution in [2.24, 2.45) is 0 Å². The summed E-state index contributed by atoms with van der Waals surface area (Å²) in [4.78, 5) is 7.79. The Kier molecular flexibility index (Phi) is 16.2. The minimum absolute atomic E-state index is 0.386. The molecule has 0 saturated carbocycles. The normalized spacial score (nSPS) is 7.80. The summed E-state index contributed by atoms with van der Waals surface area (Å²) in [7, 11) is 0. The van der Waals surface area contributed by atoms with Crippen molar-refractivity contribution in [1.29, 1.82) is 0 Å². The highest BCUT2D eigenvalue weighted by Gasteiger charge is 1.97. The Bertz CT molecular complexity index is 391. The molecule has 3 nitrogen and oxygen atoms in total. The average Bonchev–Trinajstić information content (AvgIpc) is 2.52. The first kappa shape index (κ1) is 20.8. The second-order valence-corrected chi connectivity index (χ2v) is 3.92. The molecular weight excluding hydrogens is 290 g/mol. The molecule has 0 aliphatic rings. The van der Waals surface area contributed by atoms with Gasteiger partial charge < -0.3 is 5.73 Å². The Labute approximate surface area is 131 Å². The van der Waals surface area contributed by atoms with Crippen molar-refractivity contribution >= 4 is 29.2 Å². The van der Waals surface area contributed by atoms with Gasteiger partial charge in [0, 0.05) is 6.07 Å². The van der Waals surface area contributed by atoms with Gasteiger partial charge in [0.05, 0.1) is 0 Å². The van der Waals surface area contributed by atoms with Crippen LogP contribution in [0, 0.1) is 0 Å². The Hall–Kier alpha value is -1.52. The topological polar surface area (TPSA) is 51.8 Å². The predicted molar refractivity (Wildman–Crippen MR) is 92.3 cm³/mol. The maximum absolute atomic E-state index is 5.58. The van der Waals surface area contributed by atoms with Crippen molar-refractivity contribution in [3.8, 4) is 0 Å². The van der Waals surface area contributed by atoms with Crippen LogP contribution in [0.2, 0.25) is 5.15 Å². The quantitative estimate of drug-likeness (QED) is 0.350. The van der Waals surface area contributed by atoms with Gasteiger partial charge in [-0.15, -0.1) is 13.2 Å². The Balaban J connectivity index is 0. The smallest absolute Gasteiger partial charge is 0.190 e. The minimum atomic E-state index is 0.386. The van der Waals surface area contributed by atoms with E-state index in [1.807, 2.05) is 56.5 Å². The molecule has 2 aromatic rings. The maximum atomic E-state index is 5.58. The summed E-state index contributed by atoms with van der Waals surface area (Å²) >= 11 is 6.99. The molecule has 0 saturated heterocycles. The molecule has 110 valence electrons. The van der Waals surface area contributed by atoms with Crippen LogP contribution in [0.25, 0.3) is 0 Å². The number of rotatable bonds is 1. The number of aromatic nitrogens is 2. The van der Waals surface area contributed by atoms with E-state index in [0.29, 0.717) is 16.1 Å². The lowest BCUT2D eigenvalue weighted by Crippen LogP contribution is -1.93. The Morgan fingerprint density at radius 3 is 1.70 bits per heavy atom. The SMILES string of the molecule is C=C.CC.CSc1nc(N)cc(Cl)n1.c1ccccc1. The maximum Gasteiger partial charge on any atom is 0.190 e. The monoisotopic (exact) mass is 311 g/mol. The second kappa shape index (κ2) is 15.5. The van der Waals surface area contributed by atoms with Gasteiger partial charge in [-0.2, -0.15) is 0 Å². The molecule has 0 fully saturated rings. The largest absolute Gasteiger partial charge is 0.384 e. The van der Waals surface area contributed by atoms with Crippen LogP contribution in [0.3, 0.4) is 0 Å². The summed E-state index contributed by atoms with van der Waals surface area (Å²) in [6, 6.07) is 13.5. The molecule has 0 atom stereocenters. The highest BCUT2D eigenvalue weighted by molar-refractivity contribution is 7.98. The summed E-state index contributed by atoms with van der Waals surface area (Å²) in [5, 5.41) is 0.988. The van der Waals surface area contributed by atoms with Crippen LogP contribution in [0.5, 0.6) is 0 Å². The number of halogens is 1. The Morgan fingerprint density at radius 1 is 1.00 bits per heavy atom. The molecule has 1 aromatic heterocycles. The summed E-state index contributed by atoms with van der Waals surface area (Å²) in [6.07, 6.45) is 1.87. The van der Waals surface area contributed by atoms with E-state index in [4.69, 9.17) is 17.3 Å². The molecule has 0 bridgehead atoms. The number of nitrogens with zero attached hydrogens (tertiary/aromatic N) is 2. The van der Waals surface area contributed by atoms with Crippen molar-refractivity contribution in [2.45, 2.75) is 19.0 Å². The molecule has 0 radical (unpaired) electrons. The zero-order valence-corrected chi connectivity index (χ0v) is 13.8. The van der Waals surface area contributed by atoms with Gasteiger partial charge in [0.2, 0.25) is 0 Å². The van der Waals surface area contributed by atoms with Gasteiger partial charge in [0.1, 0.15) is 11.0 Å². The van der Waals surface area contributed by atoms with E-state index in [9.17, 15) is 0 Å². The van der Waals surface area contributed by atoms with Gasteiger partial charge >= 0.3 is 0 Å². The van der Waals surface area contributed by atoms with Crippen molar-refractivity contribution < 1.29 is 0 Å². The fourth-order valence-electron chi connectivity index (χ4n) is 0.890. The van der Waals surface area contributed by atoms with Crippen LogP contribution in [-0.4, -0.2) is 16.2 Å². The summed E-state index contributed by atoms with van der Waals surface area (Å²) in [5.41, 5.74) is 5.39. The molecule has 0 unspecified atom stereocenters. The number of hydrogen-bond acceptors (Lipinski definition) is 4. The first-order chi connectivity index (χ1) is 9.72. The highest BCUT2D eigenvalue weighted by Crippen LogP contribution is 2.14. The van der Waals surface area contributed by atoms with Crippen LogP contribution < -0.4 is 5.73 Å². The van der Waals surface area contributed by atoms with E-state index >= 15 is 0 Å². The molecule has 1 heterocycles. The number of nitrogens with two attached hydrogens (primary N) is 1. The average molecular weight is 312 g/mol. The molecule has 5 heteroatoms. The lowest BCUT2D eigenvalue weighted by molar-refractivity contribution is 0.980. The van der Waals surface area contributed by atoms with Gasteiger partial charge in [-0.25, -0.2) is 9.97 Å². The molecular formula is C15H22ClN3S. The first-order valence-corrected chi connectivity index (χ1v) is 7.66. The molecule has 2 rings (SSSR count). The predicted octanol–water partition coefficient (Wildman–Crippen LogP) is 4.95. The zero-order chi connectivity index (χ0) is 15.8. The highest BCUT2D eigenvalue weighted by atomic mass is 35.5. The first-order valence-electron chi connectivity index (χ1n) is 6.06. The van der Waals surface area contributed by atoms with Crippen LogP contribution in [-0.2, 0) is 0 Å². The third kappa shape index (κ3) is 11.6. The summed E-state index contributed by atoms with van der Waals surface area (Å²) < 4.78 is 0. The Morgan fingerprint density at radius 2 is 1.40 bits per heavy atom. The van der Waals surface area contributed by atoms with Crippen LogP contribution in [0.15, 0.2) is 60.8 Å². The zero-order valence-electron chi connectivity index (χ0n) is 12.2. The third-order valence-electron chi connectivity index (χ3n) is 1.54. The number of benzene rings is 1. The van der Waals surface area contributed by atoms with Gasteiger partial charge in [-0.05, 0) is 6.26 Å². The van der Waals surface area contributed by atoms with E-state index in [1.54, 1.807) is 0 Å². The lowest BCUT2D eigenvalue weighted by Gasteiger charge is -1.96. The van der Waals surface area contributed by atoms with Crippen LogP contribution in [0.1, 0.15) is 13.8 Å². The van der Waals surface area contributed by atoms with E-state index < -0.39 is 0 Å². The van der Waals surface area contributed by atoms with E-state index in [1.165, 1.54) is 17.8 Å². The van der Waals surface area contributed by atoms with Crippen molar-refractivity contribution in [1.82, 2.24) is 9.97 Å². The van der Waals surface area contributed by atoms with Gasteiger partial charge in [-0.3, -0.25) is 0 Å². The van der Waals surface area contributed by atoms with E-state index in [2.05, 4.69) is 23.1 Å². The number of hydrogen-bond donors (Lipinski definition) is 1. The van der Waals surface area contributed by atoms with Crippen molar-refractivity contribution in [2.75, 3.05) is 12.0 Å². The fraction of sp³-hybridized carbons (Fsp3) is 0.200. The second-order valence-electron chi connectivity index (χ2n) is 2.76. The van der Waals surface area contributed by atoms with Gasteiger partial charge in [0.15, 0.2) is 5.16 Å². The molecule has 0 amide bonds. The minimum Gasteiger partial charge on any atom is -0.384 e. The van der Waals surface area contributed by atoms with Gasteiger partial charge in [0.25, 0.3) is 0 Å². The summed E-state index contributed by atoms with van der Waals surface area (Å²) in [5.74, 6) is 0.407. The molecule has 0 spiro atoms. The van der Waals surface area contributed by atoms with Crippen molar-refractivity contribution in [3.05, 3.63) is 60.8 Å². The number of nitrogen functional groups attached to an aromatic ring is 1. The molecule has 2 N–H and O–H groups in total. The molecule has 0 aliphatic carbocycles. The third-order valence-corrected chi connectivity index (χ3v) is 2.28.